The van der Waals surface area contributed by atoms with Crippen LogP contribution in [0.1, 0.15) is 17.8 Å². The first-order valence-corrected chi connectivity index (χ1v) is 5.86. The van der Waals surface area contributed by atoms with Crippen molar-refractivity contribution in [1.82, 2.24) is 10.2 Å². The number of carboxylic acids is 1. The fourth-order valence-electron chi connectivity index (χ4n) is 1.63. The van der Waals surface area contributed by atoms with Crippen molar-refractivity contribution in [1.29, 1.82) is 0 Å². The van der Waals surface area contributed by atoms with Crippen LogP contribution >= 0.6 is 11.3 Å². The minimum atomic E-state index is -0.794. The van der Waals surface area contributed by atoms with Crippen LogP contribution in [-0.4, -0.2) is 21.3 Å². The van der Waals surface area contributed by atoms with Crippen LogP contribution in [0, 0.1) is 6.92 Å². The number of aromatic amines is 1. The van der Waals surface area contributed by atoms with Crippen molar-refractivity contribution in [2.75, 3.05) is 0 Å². The van der Waals surface area contributed by atoms with Crippen molar-refractivity contribution >= 4 is 17.3 Å². The minimum absolute atomic E-state index is 0.114. The summed E-state index contributed by atoms with van der Waals surface area (Å²) in [4.78, 5) is 11.7. The van der Waals surface area contributed by atoms with E-state index in [2.05, 4.69) is 10.2 Å². The van der Waals surface area contributed by atoms with Crippen molar-refractivity contribution < 1.29 is 9.90 Å². The zero-order chi connectivity index (χ0) is 11.5. The summed E-state index contributed by atoms with van der Waals surface area (Å²) >= 11 is 1.64. The molecule has 2 aromatic heterocycles. The topological polar surface area (TPSA) is 66.0 Å². The molecule has 0 unspecified atom stereocenters. The van der Waals surface area contributed by atoms with E-state index < -0.39 is 5.97 Å². The summed E-state index contributed by atoms with van der Waals surface area (Å²) in [6.07, 6.45) is 0.579. The number of aliphatic carboxylic acids is 1. The van der Waals surface area contributed by atoms with Gasteiger partial charge in [-0.25, -0.2) is 0 Å². The summed E-state index contributed by atoms with van der Waals surface area (Å²) in [6, 6.07) is 4.00. The Morgan fingerprint density at radius 1 is 1.62 bits per heavy atom. The SMILES string of the molecule is Cc1[nH]nc(CCC(=O)O)c1-c1cccs1. The number of H-pyrrole nitrogens is 1. The molecule has 0 aliphatic carbocycles. The lowest BCUT2D eigenvalue weighted by Crippen LogP contribution is -1.98. The lowest BCUT2D eigenvalue weighted by atomic mass is 10.1. The Labute approximate surface area is 96.9 Å². The fraction of sp³-hybridized carbons (Fsp3) is 0.273. The molecule has 84 valence electrons. The largest absolute Gasteiger partial charge is 0.481 e. The van der Waals surface area contributed by atoms with E-state index in [1.165, 1.54) is 0 Å². The normalized spacial score (nSPS) is 10.6. The van der Waals surface area contributed by atoms with Crippen molar-refractivity contribution in [2.24, 2.45) is 0 Å². The quantitative estimate of drug-likeness (QED) is 0.857. The summed E-state index contributed by atoms with van der Waals surface area (Å²) in [5.41, 5.74) is 2.88. The van der Waals surface area contributed by atoms with E-state index in [0.29, 0.717) is 6.42 Å². The van der Waals surface area contributed by atoms with Gasteiger partial charge in [0.1, 0.15) is 0 Å². The third-order valence-electron chi connectivity index (χ3n) is 2.37. The minimum Gasteiger partial charge on any atom is -0.481 e. The van der Waals surface area contributed by atoms with Crippen LogP contribution in [-0.2, 0) is 11.2 Å². The van der Waals surface area contributed by atoms with Crippen molar-refractivity contribution in [3.05, 3.63) is 28.9 Å². The van der Waals surface area contributed by atoms with Gasteiger partial charge in [0.25, 0.3) is 0 Å². The summed E-state index contributed by atoms with van der Waals surface area (Å²) in [6.45, 7) is 1.95. The highest BCUT2D eigenvalue weighted by Crippen LogP contribution is 2.30. The maximum atomic E-state index is 10.5. The average Bonchev–Trinajstić information content (AvgIpc) is 2.83. The van der Waals surface area contributed by atoms with Crippen LogP contribution in [0.25, 0.3) is 10.4 Å². The van der Waals surface area contributed by atoms with E-state index in [-0.39, 0.29) is 6.42 Å². The fourth-order valence-corrected chi connectivity index (χ4v) is 2.48. The second-order valence-electron chi connectivity index (χ2n) is 3.54. The number of nitrogens with zero attached hydrogens (tertiary/aromatic N) is 1. The Bertz CT molecular complexity index is 488. The molecule has 0 radical (unpaired) electrons. The van der Waals surface area contributed by atoms with Crippen LogP contribution in [0.2, 0.25) is 0 Å². The molecule has 5 heteroatoms. The molecular weight excluding hydrogens is 224 g/mol. The van der Waals surface area contributed by atoms with Crippen LogP contribution in [0.5, 0.6) is 0 Å². The third-order valence-corrected chi connectivity index (χ3v) is 3.25. The van der Waals surface area contributed by atoms with E-state index in [9.17, 15) is 4.79 Å². The zero-order valence-electron chi connectivity index (χ0n) is 8.86. The molecule has 0 saturated carbocycles. The Kier molecular flexibility index (Phi) is 3.05. The highest BCUT2D eigenvalue weighted by molar-refractivity contribution is 7.13. The van der Waals surface area contributed by atoms with Crippen LogP contribution in [0.3, 0.4) is 0 Å². The van der Waals surface area contributed by atoms with Gasteiger partial charge < -0.3 is 5.11 Å². The molecular formula is C11H12N2O2S. The molecule has 4 nitrogen and oxygen atoms in total. The highest BCUT2D eigenvalue weighted by Gasteiger charge is 2.13. The lowest BCUT2D eigenvalue weighted by molar-refractivity contribution is -0.136. The molecule has 2 N–H and O–H groups in total. The maximum Gasteiger partial charge on any atom is 0.303 e. The molecule has 2 rings (SSSR count). The Morgan fingerprint density at radius 3 is 3.06 bits per heavy atom. The van der Waals surface area contributed by atoms with Gasteiger partial charge in [-0.05, 0) is 18.4 Å². The predicted octanol–water partition coefficient (Wildman–Crippen LogP) is 2.46. The molecule has 0 aliphatic heterocycles. The molecule has 0 bridgehead atoms. The number of aryl methyl sites for hydroxylation is 2. The van der Waals surface area contributed by atoms with Crippen molar-refractivity contribution in [2.45, 2.75) is 19.8 Å². The number of nitrogens with one attached hydrogen (secondary N) is 1. The smallest absolute Gasteiger partial charge is 0.303 e. The average molecular weight is 236 g/mol. The second-order valence-corrected chi connectivity index (χ2v) is 4.49. The Hall–Kier alpha value is -1.62. The monoisotopic (exact) mass is 236 g/mol. The standard InChI is InChI=1S/C11H12N2O2S/c1-7-11(9-3-2-6-16-9)8(13-12-7)4-5-10(14)15/h2-3,6H,4-5H2,1H3,(H,12,13)(H,14,15). The van der Waals surface area contributed by atoms with E-state index >= 15 is 0 Å². The van der Waals surface area contributed by atoms with Gasteiger partial charge in [0.15, 0.2) is 0 Å². The van der Waals surface area contributed by atoms with Gasteiger partial charge in [0, 0.05) is 22.6 Å². The molecule has 0 aliphatic rings. The van der Waals surface area contributed by atoms with E-state index in [4.69, 9.17) is 5.11 Å². The van der Waals surface area contributed by atoms with E-state index in [1.807, 2.05) is 24.4 Å². The Morgan fingerprint density at radius 2 is 2.44 bits per heavy atom. The maximum absolute atomic E-state index is 10.5. The molecule has 0 saturated heterocycles. The van der Waals surface area contributed by atoms with Crippen LogP contribution < -0.4 is 0 Å². The van der Waals surface area contributed by atoms with E-state index in [1.54, 1.807) is 11.3 Å². The molecule has 2 aromatic rings. The highest BCUT2D eigenvalue weighted by atomic mass is 32.1. The summed E-state index contributed by atoms with van der Waals surface area (Å²) < 4.78 is 0. The number of hydrogen-bond acceptors (Lipinski definition) is 3. The first-order valence-electron chi connectivity index (χ1n) is 4.98. The van der Waals surface area contributed by atoms with Crippen LogP contribution in [0.15, 0.2) is 17.5 Å². The molecule has 0 aromatic carbocycles. The number of aromatic nitrogens is 2. The lowest BCUT2D eigenvalue weighted by Gasteiger charge is -1.99. The molecule has 0 atom stereocenters. The predicted molar refractivity (Wildman–Crippen MR) is 62.6 cm³/mol. The molecule has 0 fully saturated rings. The number of hydrogen-bond donors (Lipinski definition) is 2. The zero-order valence-corrected chi connectivity index (χ0v) is 9.67. The Balaban J connectivity index is 2.29. The van der Waals surface area contributed by atoms with Crippen molar-refractivity contribution in [3.63, 3.8) is 0 Å². The molecule has 0 spiro atoms. The molecule has 2 heterocycles. The number of carbonyl (C=O) groups is 1. The van der Waals surface area contributed by atoms with Crippen LogP contribution in [0.4, 0.5) is 0 Å². The first kappa shape index (κ1) is 10.9. The third kappa shape index (κ3) is 2.14. The van der Waals surface area contributed by atoms with Gasteiger partial charge in [0.2, 0.25) is 0 Å². The van der Waals surface area contributed by atoms with Gasteiger partial charge in [-0.1, -0.05) is 6.07 Å². The van der Waals surface area contributed by atoms with E-state index in [0.717, 1.165) is 21.8 Å². The van der Waals surface area contributed by atoms with Gasteiger partial charge in [-0.2, -0.15) is 5.10 Å². The number of carboxylic acid groups (broad SMARTS) is 1. The number of thiophene rings is 1. The van der Waals surface area contributed by atoms with Gasteiger partial charge in [0.05, 0.1) is 12.1 Å². The molecule has 0 amide bonds. The summed E-state index contributed by atoms with van der Waals surface area (Å²) in [5, 5.41) is 17.7. The first-order chi connectivity index (χ1) is 7.68. The van der Waals surface area contributed by atoms with Gasteiger partial charge in [-0.15, -0.1) is 11.3 Å². The summed E-state index contributed by atoms with van der Waals surface area (Å²) in [7, 11) is 0. The van der Waals surface area contributed by atoms with Gasteiger partial charge in [-0.3, -0.25) is 9.89 Å². The second kappa shape index (κ2) is 4.49. The van der Waals surface area contributed by atoms with Gasteiger partial charge >= 0.3 is 5.97 Å². The molecule has 16 heavy (non-hydrogen) atoms. The summed E-state index contributed by atoms with van der Waals surface area (Å²) in [5.74, 6) is -0.794. The van der Waals surface area contributed by atoms with Crippen molar-refractivity contribution in [3.8, 4) is 10.4 Å². The number of rotatable bonds is 4.